The van der Waals surface area contributed by atoms with Crippen LogP contribution in [0.15, 0.2) is 127 Å². The first-order valence-electron chi connectivity index (χ1n) is 20.4. The van der Waals surface area contributed by atoms with Crippen LogP contribution in [0.25, 0.3) is 22.3 Å². The molecule has 2 aliphatic rings. The molecule has 2 fully saturated rings. The van der Waals surface area contributed by atoms with E-state index in [4.69, 9.17) is 18.9 Å². The largest absolute Gasteiger partial charge is 0.497 e. The summed E-state index contributed by atoms with van der Waals surface area (Å²) in [4.78, 5) is 31.9. The summed E-state index contributed by atoms with van der Waals surface area (Å²) in [7, 11) is 3.31. The van der Waals surface area contributed by atoms with Crippen LogP contribution >= 0.6 is 0 Å². The molecular weight excluding hydrogens is 753 g/mol. The Morgan fingerprint density at radius 1 is 0.550 bits per heavy atom. The summed E-state index contributed by atoms with van der Waals surface area (Å²) < 4.78 is 22.3. The summed E-state index contributed by atoms with van der Waals surface area (Å²) in [6.07, 6.45) is 0.566. The van der Waals surface area contributed by atoms with Crippen molar-refractivity contribution >= 4 is 34.6 Å². The Bertz CT molecular complexity index is 2440. The number of rotatable bonds is 12. The van der Waals surface area contributed by atoms with Crippen LogP contribution in [0.4, 0.5) is 22.7 Å². The van der Waals surface area contributed by atoms with Crippen molar-refractivity contribution in [3.63, 3.8) is 0 Å². The normalized spacial score (nSPS) is 14.1. The molecule has 10 nitrogen and oxygen atoms in total. The molecule has 10 heteroatoms. The molecule has 8 rings (SSSR count). The SMILES string of the molecule is COc1ccc(-c2cc(C(=O)Nc3ccc(N4CCOCC4)cc3)ccc2Cc2cc(OC)cc(-c3cc(C(=O)Nc4ccc(N5CCOCC5)cc4)ccc3C)c2)cc1. The van der Waals surface area contributed by atoms with Crippen LogP contribution in [0.5, 0.6) is 11.5 Å². The van der Waals surface area contributed by atoms with Crippen LogP contribution in [-0.4, -0.2) is 78.6 Å². The van der Waals surface area contributed by atoms with E-state index in [2.05, 4.69) is 26.5 Å². The average molecular weight is 803 g/mol. The predicted molar refractivity (Wildman–Crippen MR) is 239 cm³/mol. The Morgan fingerprint density at radius 3 is 1.60 bits per heavy atom. The summed E-state index contributed by atoms with van der Waals surface area (Å²) in [6.45, 7) is 8.31. The van der Waals surface area contributed by atoms with Crippen molar-refractivity contribution in [3.05, 3.63) is 155 Å². The van der Waals surface area contributed by atoms with Crippen LogP contribution in [-0.2, 0) is 15.9 Å². The summed E-state index contributed by atoms with van der Waals surface area (Å²) in [5.41, 5.74) is 11.6. The molecule has 2 saturated heterocycles. The highest BCUT2D eigenvalue weighted by Gasteiger charge is 2.17. The fourth-order valence-corrected chi connectivity index (χ4v) is 7.80. The van der Waals surface area contributed by atoms with E-state index in [0.717, 1.165) is 93.6 Å². The summed E-state index contributed by atoms with van der Waals surface area (Å²) >= 11 is 0. The molecule has 306 valence electrons. The van der Waals surface area contributed by atoms with Gasteiger partial charge < -0.3 is 39.4 Å². The number of aryl methyl sites for hydroxylation is 1. The van der Waals surface area contributed by atoms with Gasteiger partial charge in [0.1, 0.15) is 11.5 Å². The van der Waals surface area contributed by atoms with Gasteiger partial charge in [0.05, 0.1) is 40.6 Å². The monoisotopic (exact) mass is 802 g/mol. The van der Waals surface area contributed by atoms with Crippen molar-refractivity contribution in [2.24, 2.45) is 0 Å². The third kappa shape index (κ3) is 9.47. The number of nitrogens with one attached hydrogen (secondary N) is 2. The topological polar surface area (TPSA) is 102 Å². The molecule has 0 aliphatic carbocycles. The number of nitrogens with zero attached hydrogens (tertiary/aromatic N) is 2. The lowest BCUT2D eigenvalue weighted by Gasteiger charge is -2.28. The molecule has 60 heavy (non-hydrogen) atoms. The number of morpholine rings is 2. The zero-order valence-electron chi connectivity index (χ0n) is 34.3. The van der Waals surface area contributed by atoms with Crippen molar-refractivity contribution in [3.8, 4) is 33.8 Å². The zero-order chi connectivity index (χ0) is 41.4. The molecule has 0 saturated carbocycles. The zero-order valence-corrected chi connectivity index (χ0v) is 34.3. The van der Waals surface area contributed by atoms with E-state index in [0.29, 0.717) is 49.7 Å². The van der Waals surface area contributed by atoms with Crippen molar-refractivity contribution in [1.82, 2.24) is 0 Å². The molecule has 6 aromatic rings. The Labute approximate surface area is 351 Å². The molecule has 6 aromatic carbocycles. The number of benzene rings is 6. The maximum absolute atomic E-state index is 13.7. The highest BCUT2D eigenvalue weighted by molar-refractivity contribution is 6.06. The fourth-order valence-electron chi connectivity index (χ4n) is 7.80. The molecule has 0 aromatic heterocycles. The smallest absolute Gasteiger partial charge is 0.255 e. The molecule has 0 atom stereocenters. The van der Waals surface area contributed by atoms with Gasteiger partial charge >= 0.3 is 0 Å². The molecule has 2 N–H and O–H groups in total. The first-order valence-corrected chi connectivity index (χ1v) is 20.4. The second-order valence-electron chi connectivity index (χ2n) is 15.1. The maximum Gasteiger partial charge on any atom is 0.255 e. The number of ether oxygens (including phenoxy) is 4. The Kier molecular flexibility index (Phi) is 12.4. The van der Waals surface area contributed by atoms with Crippen molar-refractivity contribution < 1.29 is 28.5 Å². The van der Waals surface area contributed by atoms with Gasteiger partial charge in [0.2, 0.25) is 0 Å². The predicted octanol–water partition coefficient (Wildman–Crippen LogP) is 9.11. The number of amides is 2. The minimum atomic E-state index is -0.191. The molecule has 2 amide bonds. The summed E-state index contributed by atoms with van der Waals surface area (Å²) in [5, 5.41) is 6.16. The van der Waals surface area contributed by atoms with E-state index in [1.807, 2.05) is 128 Å². The lowest BCUT2D eigenvalue weighted by atomic mass is 9.91. The Morgan fingerprint density at radius 2 is 1.07 bits per heavy atom. The minimum Gasteiger partial charge on any atom is -0.497 e. The van der Waals surface area contributed by atoms with Gasteiger partial charge in [-0.2, -0.15) is 0 Å². The molecule has 0 radical (unpaired) electrons. The molecule has 2 aliphatic heterocycles. The second kappa shape index (κ2) is 18.5. The lowest BCUT2D eigenvalue weighted by Crippen LogP contribution is -2.36. The first kappa shape index (κ1) is 40.2. The van der Waals surface area contributed by atoms with Crippen LogP contribution in [0.1, 0.15) is 37.4 Å². The van der Waals surface area contributed by atoms with Gasteiger partial charge in [0.25, 0.3) is 11.8 Å². The Balaban J connectivity index is 1.04. The van der Waals surface area contributed by atoms with Crippen LogP contribution in [0.3, 0.4) is 0 Å². The quantitative estimate of drug-likeness (QED) is 0.126. The summed E-state index contributed by atoms with van der Waals surface area (Å²) in [6, 6.07) is 41.6. The summed E-state index contributed by atoms with van der Waals surface area (Å²) in [5.74, 6) is 1.08. The highest BCUT2D eigenvalue weighted by Crippen LogP contribution is 2.34. The van der Waals surface area contributed by atoms with Gasteiger partial charge in [-0.05, 0) is 149 Å². The third-order valence-corrected chi connectivity index (χ3v) is 11.2. The van der Waals surface area contributed by atoms with Crippen LogP contribution in [0.2, 0.25) is 0 Å². The number of hydrogen-bond donors (Lipinski definition) is 2. The number of hydrogen-bond acceptors (Lipinski definition) is 8. The fraction of sp³-hybridized carbons (Fsp3) is 0.240. The minimum absolute atomic E-state index is 0.184. The molecule has 0 bridgehead atoms. The van der Waals surface area contributed by atoms with Gasteiger partial charge in [0, 0.05) is 60.1 Å². The number of carbonyl (C=O) groups excluding carboxylic acids is 2. The van der Waals surface area contributed by atoms with Crippen LogP contribution < -0.4 is 29.9 Å². The van der Waals surface area contributed by atoms with E-state index < -0.39 is 0 Å². The Hall–Kier alpha value is -6.62. The molecule has 0 spiro atoms. The van der Waals surface area contributed by atoms with Gasteiger partial charge in [-0.25, -0.2) is 0 Å². The van der Waals surface area contributed by atoms with E-state index in [1.54, 1.807) is 14.2 Å². The van der Waals surface area contributed by atoms with Crippen molar-refractivity contribution in [2.75, 3.05) is 87.3 Å². The molecule has 0 unspecified atom stereocenters. The third-order valence-electron chi connectivity index (χ3n) is 11.2. The number of methoxy groups -OCH3 is 2. The van der Waals surface area contributed by atoms with Gasteiger partial charge in [0.15, 0.2) is 0 Å². The van der Waals surface area contributed by atoms with Crippen molar-refractivity contribution in [2.45, 2.75) is 13.3 Å². The standard InChI is InChI=1S/C50H50N4O6/c1-34-4-5-38(49(55)51-41-10-14-43(15-11-41)53-20-24-59-25-21-53)32-47(34)40-29-35(30-46(31-40)58-3)28-37-6-7-39(33-48(37)36-8-18-45(57-2)19-9-36)50(56)52-42-12-16-44(17-13-42)54-22-26-60-27-23-54/h4-19,29-33H,20-28H2,1-3H3,(H,51,55)(H,52,56). The van der Waals surface area contributed by atoms with E-state index in [9.17, 15) is 9.59 Å². The van der Waals surface area contributed by atoms with E-state index in [-0.39, 0.29) is 11.8 Å². The van der Waals surface area contributed by atoms with E-state index >= 15 is 0 Å². The van der Waals surface area contributed by atoms with Crippen molar-refractivity contribution in [1.29, 1.82) is 0 Å². The highest BCUT2D eigenvalue weighted by atomic mass is 16.5. The first-order chi connectivity index (χ1) is 29.3. The van der Waals surface area contributed by atoms with Gasteiger partial charge in [-0.3, -0.25) is 9.59 Å². The molecule has 2 heterocycles. The second-order valence-corrected chi connectivity index (χ2v) is 15.1. The van der Waals surface area contributed by atoms with E-state index in [1.165, 1.54) is 0 Å². The van der Waals surface area contributed by atoms with Crippen LogP contribution in [0, 0.1) is 6.92 Å². The van der Waals surface area contributed by atoms with Gasteiger partial charge in [-0.1, -0.05) is 30.3 Å². The van der Waals surface area contributed by atoms with Gasteiger partial charge in [-0.15, -0.1) is 0 Å². The number of anilines is 4. The number of carbonyl (C=O) groups is 2. The maximum atomic E-state index is 13.7. The molecular formula is C50H50N4O6. The average Bonchev–Trinajstić information content (AvgIpc) is 3.30. The lowest BCUT2D eigenvalue weighted by molar-refractivity contribution is 0.101.